The third-order valence-corrected chi connectivity index (χ3v) is 12.8. The Morgan fingerprint density at radius 1 is 0.393 bits per heavy atom. The molecule has 0 spiro atoms. The molecule has 0 saturated carbocycles. The zero-order chi connectivity index (χ0) is 37.8. The van der Waals surface area contributed by atoms with E-state index < -0.39 is 0 Å². The lowest BCUT2D eigenvalue weighted by Gasteiger charge is -2.30. The molecule has 8 aromatic carbocycles. The summed E-state index contributed by atoms with van der Waals surface area (Å²) in [5.74, 6) is 0. The average Bonchev–Trinajstić information content (AvgIpc) is 3.85. The summed E-state index contributed by atoms with van der Waals surface area (Å²) in [5.41, 5.74) is 18.8. The molecule has 9 aromatic rings. The summed E-state index contributed by atoms with van der Waals surface area (Å²) in [4.78, 5) is 2.45. The standard InChI is InChI=1S/C54H42N2/c1-53(2)48-17-11-10-16-44(48)45-28-25-41(33-50(45)53)56(39-22-20-36(21-23-39)35-12-6-5-7-13-35)42-26-29-47-46-27-24-40(32-49(46)54(3,4)51(47)34-42)55-31-30-38-19-18-37-14-8-9-15-43(37)52(38)55/h5-34H,1-4H3. The van der Waals surface area contributed by atoms with Crippen molar-refractivity contribution in [2.45, 2.75) is 38.5 Å². The lowest BCUT2D eigenvalue weighted by molar-refractivity contribution is 0.659. The Labute approximate surface area is 328 Å². The number of nitrogens with zero attached hydrogens (tertiary/aromatic N) is 2. The van der Waals surface area contributed by atoms with Crippen LogP contribution in [0.3, 0.4) is 0 Å². The smallest absolute Gasteiger partial charge is 0.0606 e. The van der Waals surface area contributed by atoms with Crippen molar-refractivity contribution < 1.29 is 0 Å². The Morgan fingerprint density at radius 3 is 1.66 bits per heavy atom. The van der Waals surface area contributed by atoms with Crippen LogP contribution in [-0.2, 0) is 10.8 Å². The first-order valence-corrected chi connectivity index (χ1v) is 19.8. The van der Waals surface area contributed by atoms with Gasteiger partial charge in [0.05, 0.1) is 5.52 Å². The summed E-state index contributed by atoms with van der Waals surface area (Å²) in [6.45, 7) is 9.51. The fourth-order valence-electron chi connectivity index (χ4n) is 9.83. The van der Waals surface area contributed by atoms with Gasteiger partial charge in [-0.25, -0.2) is 0 Å². The van der Waals surface area contributed by atoms with E-state index in [4.69, 9.17) is 0 Å². The van der Waals surface area contributed by atoms with Gasteiger partial charge in [0.2, 0.25) is 0 Å². The number of anilines is 3. The lowest BCUT2D eigenvalue weighted by Crippen LogP contribution is -2.18. The van der Waals surface area contributed by atoms with Crippen LogP contribution in [0, 0.1) is 0 Å². The zero-order valence-corrected chi connectivity index (χ0v) is 32.2. The van der Waals surface area contributed by atoms with Crippen LogP contribution in [0.1, 0.15) is 49.9 Å². The Bertz CT molecular complexity index is 3020. The van der Waals surface area contributed by atoms with E-state index >= 15 is 0 Å². The SMILES string of the molecule is CC1(C)c2ccccc2-c2ccc(N(c3ccc(-c4ccccc4)cc3)c3ccc4c(c3)C(C)(C)c3cc(-n5ccc6ccc7ccccc7c65)ccc3-4)cc21. The summed E-state index contributed by atoms with van der Waals surface area (Å²) >= 11 is 0. The van der Waals surface area contributed by atoms with Gasteiger partial charge in [-0.1, -0.05) is 149 Å². The summed E-state index contributed by atoms with van der Waals surface area (Å²) in [6, 6.07) is 65.3. The third kappa shape index (κ3) is 4.75. The molecular formula is C54H42N2. The molecule has 56 heavy (non-hydrogen) atoms. The highest BCUT2D eigenvalue weighted by Gasteiger charge is 2.38. The van der Waals surface area contributed by atoms with Gasteiger partial charge >= 0.3 is 0 Å². The maximum Gasteiger partial charge on any atom is 0.0606 e. The Balaban J connectivity index is 1.04. The molecule has 268 valence electrons. The van der Waals surface area contributed by atoms with Crippen molar-refractivity contribution in [1.29, 1.82) is 0 Å². The average molecular weight is 719 g/mol. The number of aromatic nitrogens is 1. The predicted molar refractivity (Wildman–Crippen MR) is 236 cm³/mol. The summed E-state index contributed by atoms with van der Waals surface area (Å²) in [5, 5.41) is 3.79. The fourth-order valence-corrected chi connectivity index (χ4v) is 9.83. The maximum absolute atomic E-state index is 2.45. The molecule has 0 unspecified atom stereocenters. The second-order valence-corrected chi connectivity index (χ2v) is 16.6. The lowest BCUT2D eigenvalue weighted by atomic mass is 9.82. The van der Waals surface area contributed by atoms with E-state index in [1.54, 1.807) is 0 Å². The Hall–Kier alpha value is -6.64. The zero-order valence-electron chi connectivity index (χ0n) is 32.2. The topological polar surface area (TPSA) is 8.17 Å². The molecule has 2 nitrogen and oxygen atoms in total. The van der Waals surface area contributed by atoms with Gasteiger partial charge in [0.15, 0.2) is 0 Å². The molecule has 2 aliphatic rings. The Kier molecular flexibility index (Phi) is 6.98. The minimum absolute atomic E-state index is 0.0959. The molecule has 0 fully saturated rings. The van der Waals surface area contributed by atoms with E-state index in [0.29, 0.717) is 0 Å². The normalized spacial score (nSPS) is 14.4. The molecule has 0 N–H and O–H groups in total. The van der Waals surface area contributed by atoms with Gasteiger partial charge in [0.25, 0.3) is 0 Å². The molecule has 2 heteroatoms. The second-order valence-electron chi connectivity index (χ2n) is 16.6. The minimum Gasteiger partial charge on any atom is -0.316 e. The molecule has 1 heterocycles. The van der Waals surface area contributed by atoms with Crippen LogP contribution in [0.4, 0.5) is 17.1 Å². The molecule has 0 radical (unpaired) electrons. The van der Waals surface area contributed by atoms with Crippen molar-refractivity contribution in [1.82, 2.24) is 4.57 Å². The number of hydrogen-bond donors (Lipinski definition) is 0. The number of fused-ring (bicyclic) bond motifs is 9. The molecule has 11 rings (SSSR count). The van der Waals surface area contributed by atoms with Crippen molar-refractivity contribution in [3.8, 4) is 39.1 Å². The van der Waals surface area contributed by atoms with Gasteiger partial charge in [-0.3, -0.25) is 0 Å². The molecule has 0 amide bonds. The highest BCUT2D eigenvalue weighted by Crippen LogP contribution is 2.53. The second kappa shape index (κ2) is 11.9. The maximum atomic E-state index is 2.45. The van der Waals surface area contributed by atoms with Crippen LogP contribution in [0.25, 0.3) is 60.7 Å². The van der Waals surface area contributed by atoms with E-state index in [0.717, 1.165) is 11.4 Å². The van der Waals surface area contributed by atoms with Crippen molar-refractivity contribution in [2.24, 2.45) is 0 Å². The van der Waals surface area contributed by atoms with E-state index in [-0.39, 0.29) is 10.8 Å². The third-order valence-electron chi connectivity index (χ3n) is 12.8. The quantitative estimate of drug-likeness (QED) is 0.172. The molecule has 2 aliphatic carbocycles. The first-order valence-electron chi connectivity index (χ1n) is 19.8. The largest absolute Gasteiger partial charge is 0.316 e. The van der Waals surface area contributed by atoms with Gasteiger partial charge < -0.3 is 9.47 Å². The van der Waals surface area contributed by atoms with Gasteiger partial charge in [-0.2, -0.15) is 0 Å². The van der Waals surface area contributed by atoms with Gasteiger partial charge in [0.1, 0.15) is 0 Å². The highest BCUT2D eigenvalue weighted by molar-refractivity contribution is 6.06. The number of hydrogen-bond acceptors (Lipinski definition) is 1. The van der Waals surface area contributed by atoms with Crippen molar-refractivity contribution in [3.05, 3.63) is 204 Å². The van der Waals surface area contributed by atoms with Crippen LogP contribution in [0.15, 0.2) is 182 Å². The van der Waals surface area contributed by atoms with E-state index in [1.165, 1.54) is 88.7 Å². The van der Waals surface area contributed by atoms with Crippen LogP contribution in [0.2, 0.25) is 0 Å². The summed E-state index contributed by atoms with van der Waals surface area (Å²) < 4.78 is 2.37. The molecule has 0 saturated heterocycles. The van der Waals surface area contributed by atoms with Gasteiger partial charge in [0, 0.05) is 50.5 Å². The predicted octanol–water partition coefficient (Wildman–Crippen LogP) is 14.5. The van der Waals surface area contributed by atoms with E-state index in [2.05, 4.69) is 219 Å². The van der Waals surface area contributed by atoms with Crippen LogP contribution < -0.4 is 4.90 Å². The molecular weight excluding hydrogens is 677 g/mol. The first kappa shape index (κ1) is 32.8. The Morgan fingerprint density at radius 2 is 0.929 bits per heavy atom. The van der Waals surface area contributed by atoms with Crippen LogP contribution in [0.5, 0.6) is 0 Å². The first-order chi connectivity index (χ1) is 27.3. The number of benzene rings is 8. The minimum atomic E-state index is -0.202. The van der Waals surface area contributed by atoms with Crippen molar-refractivity contribution in [3.63, 3.8) is 0 Å². The summed E-state index contributed by atoms with van der Waals surface area (Å²) in [6.07, 6.45) is 2.23. The van der Waals surface area contributed by atoms with E-state index in [1.807, 2.05) is 0 Å². The van der Waals surface area contributed by atoms with Crippen LogP contribution >= 0.6 is 0 Å². The number of rotatable bonds is 5. The highest BCUT2D eigenvalue weighted by atomic mass is 15.1. The summed E-state index contributed by atoms with van der Waals surface area (Å²) in [7, 11) is 0. The molecule has 0 bridgehead atoms. The fraction of sp³-hybridized carbons (Fsp3) is 0.111. The van der Waals surface area contributed by atoms with Gasteiger partial charge in [-0.15, -0.1) is 0 Å². The molecule has 0 atom stereocenters. The van der Waals surface area contributed by atoms with Crippen molar-refractivity contribution >= 4 is 38.7 Å². The van der Waals surface area contributed by atoms with Crippen molar-refractivity contribution in [2.75, 3.05) is 4.90 Å². The molecule has 1 aromatic heterocycles. The van der Waals surface area contributed by atoms with Crippen LogP contribution in [-0.4, -0.2) is 4.57 Å². The molecule has 0 aliphatic heterocycles. The van der Waals surface area contributed by atoms with E-state index in [9.17, 15) is 0 Å². The van der Waals surface area contributed by atoms with Gasteiger partial charge in [-0.05, 0) is 116 Å². The monoisotopic (exact) mass is 718 g/mol.